The van der Waals surface area contributed by atoms with Gasteiger partial charge in [-0.25, -0.2) is 4.79 Å². The van der Waals surface area contributed by atoms with Crippen LogP contribution in [0.1, 0.15) is 48.4 Å². The number of fused-ring (bicyclic) bond motifs is 1. The van der Waals surface area contributed by atoms with Crippen LogP contribution in [-0.2, 0) is 4.74 Å². The number of rotatable bonds is 3. The third kappa shape index (κ3) is 3.95. The Kier molecular flexibility index (Phi) is 6.01. The molecule has 0 saturated heterocycles. The summed E-state index contributed by atoms with van der Waals surface area (Å²) in [5.74, 6) is 0.216. The molecule has 1 aliphatic carbocycles. The summed E-state index contributed by atoms with van der Waals surface area (Å²) in [6.07, 6.45) is 1.30. The maximum absolute atomic E-state index is 12.3. The van der Waals surface area contributed by atoms with Crippen molar-refractivity contribution in [2.75, 3.05) is 7.05 Å². The van der Waals surface area contributed by atoms with Gasteiger partial charge in [-0.1, -0.05) is 65.1 Å². The number of hydrogen-bond donors (Lipinski definition) is 0. The summed E-state index contributed by atoms with van der Waals surface area (Å²) in [6, 6.07) is 13.9. The first-order valence-corrected chi connectivity index (χ1v) is 9.69. The second-order valence-corrected chi connectivity index (χ2v) is 7.91. The Morgan fingerprint density at radius 2 is 1.81 bits per heavy atom. The van der Waals surface area contributed by atoms with Gasteiger partial charge in [-0.2, -0.15) is 0 Å². The van der Waals surface area contributed by atoms with E-state index < -0.39 is 11.7 Å². The normalized spacial score (nSPS) is 20.2. The van der Waals surface area contributed by atoms with Crippen LogP contribution in [-0.4, -0.2) is 23.6 Å². The molecule has 138 valence electrons. The van der Waals surface area contributed by atoms with E-state index in [1.807, 2.05) is 30.3 Å². The maximum Gasteiger partial charge on any atom is 0.411 e. The van der Waals surface area contributed by atoms with E-state index in [0.29, 0.717) is 10.0 Å². The van der Waals surface area contributed by atoms with Crippen LogP contribution in [0.2, 0.25) is 10.0 Å². The van der Waals surface area contributed by atoms with Crippen molar-refractivity contribution in [2.45, 2.75) is 37.3 Å². The fraction of sp³-hybridized carbons (Fsp3) is 0.350. The second kappa shape index (κ2) is 8.08. The predicted octanol–water partition coefficient (Wildman–Crippen LogP) is 6.61. The van der Waals surface area contributed by atoms with Crippen molar-refractivity contribution in [3.8, 4) is 0 Å². The van der Waals surface area contributed by atoms with Gasteiger partial charge in [0.15, 0.2) is 5.56 Å². The summed E-state index contributed by atoms with van der Waals surface area (Å²) in [5, 5.41) is 1.11. The summed E-state index contributed by atoms with van der Waals surface area (Å²) < 4.78 is 5.14. The molecule has 3 atom stereocenters. The minimum absolute atomic E-state index is 0.0480. The van der Waals surface area contributed by atoms with Crippen LogP contribution in [0.4, 0.5) is 4.79 Å². The summed E-state index contributed by atoms with van der Waals surface area (Å²) >= 11 is 18.1. The molecule has 0 bridgehead atoms. The van der Waals surface area contributed by atoms with Crippen molar-refractivity contribution in [3.05, 3.63) is 69.2 Å². The van der Waals surface area contributed by atoms with Crippen molar-refractivity contribution in [2.24, 2.45) is 0 Å². The van der Waals surface area contributed by atoms with Gasteiger partial charge in [0.2, 0.25) is 0 Å². The highest BCUT2D eigenvalue weighted by atomic mass is 35.5. The van der Waals surface area contributed by atoms with Crippen molar-refractivity contribution < 1.29 is 9.53 Å². The number of amides is 1. The highest BCUT2D eigenvalue weighted by molar-refractivity contribution is 6.42. The molecule has 0 radical (unpaired) electrons. The van der Waals surface area contributed by atoms with E-state index >= 15 is 0 Å². The monoisotopic (exact) mass is 411 g/mol. The van der Waals surface area contributed by atoms with Crippen molar-refractivity contribution in [1.82, 2.24) is 4.90 Å². The van der Waals surface area contributed by atoms with Crippen molar-refractivity contribution >= 4 is 40.9 Å². The quantitative estimate of drug-likeness (QED) is 0.531. The zero-order valence-corrected chi connectivity index (χ0v) is 16.9. The number of alkyl halides is 1. The molecule has 0 aliphatic heterocycles. The van der Waals surface area contributed by atoms with Gasteiger partial charge in [0, 0.05) is 13.0 Å². The molecule has 1 unspecified atom stereocenters. The lowest BCUT2D eigenvalue weighted by Gasteiger charge is -2.36. The first-order valence-electron chi connectivity index (χ1n) is 8.49. The third-order valence-electron chi connectivity index (χ3n) is 4.82. The van der Waals surface area contributed by atoms with Gasteiger partial charge in [-0.15, -0.1) is 0 Å². The van der Waals surface area contributed by atoms with Gasteiger partial charge < -0.3 is 9.64 Å². The van der Waals surface area contributed by atoms with Crippen molar-refractivity contribution in [3.63, 3.8) is 0 Å². The Morgan fingerprint density at radius 3 is 2.46 bits per heavy atom. The molecule has 0 aromatic heterocycles. The van der Waals surface area contributed by atoms with Gasteiger partial charge in [0.25, 0.3) is 0 Å². The van der Waals surface area contributed by atoms with Gasteiger partial charge >= 0.3 is 6.09 Å². The Labute approximate surface area is 168 Å². The Morgan fingerprint density at radius 1 is 1.12 bits per heavy atom. The lowest BCUT2D eigenvalue weighted by Crippen LogP contribution is -2.35. The zero-order valence-electron chi connectivity index (χ0n) is 14.6. The molecular weight excluding hydrogens is 393 g/mol. The highest BCUT2D eigenvalue weighted by Crippen LogP contribution is 2.44. The summed E-state index contributed by atoms with van der Waals surface area (Å²) in [4.78, 5) is 13.9. The number of nitrogens with zero attached hydrogens (tertiary/aromatic N) is 1. The summed E-state index contributed by atoms with van der Waals surface area (Å²) in [6.45, 7) is 1.63. The van der Waals surface area contributed by atoms with Crippen LogP contribution >= 0.6 is 34.8 Å². The van der Waals surface area contributed by atoms with Gasteiger partial charge in [-0.3, -0.25) is 0 Å². The predicted molar refractivity (Wildman–Crippen MR) is 106 cm³/mol. The van der Waals surface area contributed by atoms with Crippen LogP contribution in [0.5, 0.6) is 0 Å². The van der Waals surface area contributed by atoms with Gasteiger partial charge in [0.05, 0.1) is 16.1 Å². The van der Waals surface area contributed by atoms with E-state index in [9.17, 15) is 4.79 Å². The lowest BCUT2D eigenvalue weighted by molar-refractivity contribution is 0.0868. The minimum atomic E-state index is -0.659. The van der Waals surface area contributed by atoms with Gasteiger partial charge in [-0.05, 0) is 48.6 Å². The van der Waals surface area contributed by atoms with Crippen LogP contribution in [0, 0.1) is 0 Å². The fourth-order valence-corrected chi connectivity index (χ4v) is 3.98. The Balaban J connectivity index is 1.93. The SMILES string of the molecule is CC(Cl)OC(=O)N(C)[C@H]1CC[C@@H](c2ccc(Cl)c(Cl)c2)c2ccccc21. The number of halogens is 3. The molecule has 0 spiro atoms. The van der Waals surface area contributed by atoms with E-state index in [-0.39, 0.29) is 12.0 Å². The molecule has 3 nitrogen and oxygen atoms in total. The maximum atomic E-state index is 12.3. The molecule has 1 amide bonds. The van der Waals surface area contributed by atoms with E-state index in [1.54, 1.807) is 18.9 Å². The van der Waals surface area contributed by atoms with E-state index in [4.69, 9.17) is 39.5 Å². The molecule has 0 N–H and O–H groups in total. The Hall–Kier alpha value is -1.42. The first kappa shape index (κ1) is 19.3. The largest absolute Gasteiger partial charge is 0.430 e. The molecule has 2 aromatic rings. The van der Waals surface area contributed by atoms with E-state index in [0.717, 1.165) is 24.0 Å². The molecule has 0 saturated carbocycles. The molecule has 26 heavy (non-hydrogen) atoms. The molecular formula is C20H20Cl3NO2. The van der Waals surface area contributed by atoms with Crippen LogP contribution < -0.4 is 0 Å². The standard InChI is InChI=1S/C20H20Cl3NO2/c1-12(21)26-20(25)24(2)19-10-8-14(15-5-3-4-6-16(15)19)13-7-9-17(22)18(23)11-13/h3-7,9,11-12,14,19H,8,10H2,1-2H3/t12?,14-,19-/m0/s1. The topological polar surface area (TPSA) is 29.5 Å². The van der Waals surface area contributed by atoms with E-state index in [1.165, 1.54) is 5.56 Å². The number of carbonyl (C=O) groups excluding carboxylic acids is 1. The van der Waals surface area contributed by atoms with E-state index in [2.05, 4.69) is 12.1 Å². The molecule has 0 heterocycles. The zero-order chi connectivity index (χ0) is 18.8. The van der Waals surface area contributed by atoms with Crippen LogP contribution in [0.15, 0.2) is 42.5 Å². The second-order valence-electron chi connectivity index (χ2n) is 6.49. The molecule has 1 aliphatic rings. The Bertz CT molecular complexity index is 809. The van der Waals surface area contributed by atoms with Crippen LogP contribution in [0.25, 0.3) is 0 Å². The molecule has 3 rings (SSSR count). The first-order chi connectivity index (χ1) is 12.4. The number of carbonyl (C=O) groups is 1. The third-order valence-corrected chi connectivity index (χ3v) is 5.65. The number of benzene rings is 2. The fourth-order valence-electron chi connectivity index (χ4n) is 3.59. The highest BCUT2D eigenvalue weighted by Gasteiger charge is 2.33. The van der Waals surface area contributed by atoms with Crippen molar-refractivity contribution in [1.29, 1.82) is 0 Å². The molecule has 6 heteroatoms. The average Bonchev–Trinajstić information content (AvgIpc) is 2.62. The average molecular weight is 413 g/mol. The smallest absolute Gasteiger partial charge is 0.411 e. The minimum Gasteiger partial charge on any atom is -0.430 e. The summed E-state index contributed by atoms with van der Waals surface area (Å²) in [7, 11) is 1.75. The van der Waals surface area contributed by atoms with Gasteiger partial charge in [0.1, 0.15) is 0 Å². The summed E-state index contributed by atoms with van der Waals surface area (Å²) in [5.41, 5.74) is 2.79. The van der Waals surface area contributed by atoms with Crippen LogP contribution in [0.3, 0.4) is 0 Å². The number of hydrogen-bond acceptors (Lipinski definition) is 2. The number of ether oxygens (including phenoxy) is 1. The molecule has 0 fully saturated rings. The lowest BCUT2D eigenvalue weighted by atomic mass is 9.76. The molecule has 2 aromatic carbocycles.